The third kappa shape index (κ3) is 23.8. The van der Waals surface area contributed by atoms with E-state index < -0.39 is 25.4 Å². The number of fused-ring (bicyclic) bond motifs is 4. The second kappa shape index (κ2) is 44.0. The van der Waals surface area contributed by atoms with Crippen LogP contribution in [0.1, 0.15) is 198 Å². The van der Waals surface area contributed by atoms with E-state index in [2.05, 4.69) is 89.7 Å². The molecule has 20 rings (SSSR count). The fraction of sp³-hybridized carbons (Fsp3) is 0.381. The molecule has 701 valence electrons. The Morgan fingerprint density at radius 3 is 1.34 bits per heavy atom. The van der Waals surface area contributed by atoms with E-state index in [-0.39, 0.29) is 35.6 Å². The van der Waals surface area contributed by atoms with Crippen molar-refractivity contribution in [3.05, 3.63) is 201 Å². The first-order valence-electron chi connectivity index (χ1n) is 44.6. The number of methoxy groups -OCH3 is 2. The van der Waals surface area contributed by atoms with Gasteiger partial charge in [0.2, 0.25) is 0 Å². The van der Waals surface area contributed by atoms with Gasteiger partial charge in [-0.25, -0.2) is 15.0 Å². The van der Waals surface area contributed by atoms with E-state index in [9.17, 15) is 24.9 Å². The average Bonchev–Trinajstić information content (AvgIpc) is 1.56. The number of nitriles is 2. The predicted molar refractivity (Wildman–Crippen MR) is 535 cm³/mol. The van der Waals surface area contributed by atoms with Crippen LogP contribution in [0.4, 0.5) is 0 Å². The van der Waals surface area contributed by atoms with E-state index >= 15 is 0 Å². The molecule has 13 aromatic rings. The molecule has 0 bridgehead atoms. The molecule has 7 fully saturated rings. The van der Waals surface area contributed by atoms with Crippen LogP contribution in [-0.2, 0) is 18.8 Å². The Balaban J connectivity index is 0.000000136. The van der Waals surface area contributed by atoms with Gasteiger partial charge < -0.3 is 80.1 Å². The Hall–Kier alpha value is -10.3. The van der Waals surface area contributed by atoms with Gasteiger partial charge in [-0.05, 0) is 231 Å². The van der Waals surface area contributed by atoms with Crippen molar-refractivity contribution in [3.8, 4) is 69.2 Å². The topological polar surface area (TPSA) is 366 Å². The summed E-state index contributed by atoms with van der Waals surface area (Å²) in [7, 11) is 14.4. The van der Waals surface area contributed by atoms with Gasteiger partial charge in [0.05, 0.1) is 94.7 Å². The highest BCUT2D eigenvalue weighted by Crippen LogP contribution is 2.51. The summed E-state index contributed by atoms with van der Waals surface area (Å²) in [5, 5.41) is 39.4. The van der Waals surface area contributed by atoms with Gasteiger partial charge in [0.1, 0.15) is 98.6 Å². The summed E-state index contributed by atoms with van der Waals surface area (Å²) < 4.78 is 76.9. The summed E-state index contributed by atoms with van der Waals surface area (Å²) in [5.41, 5.74) is 15.7. The first-order valence-corrected chi connectivity index (χ1v) is 47.7. The Bertz CT molecular complexity index is 6630. The first-order chi connectivity index (χ1) is 65.1. The van der Waals surface area contributed by atoms with Gasteiger partial charge in [-0.1, -0.05) is 46.9 Å². The van der Waals surface area contributed by atoms with Crippen LogP contribution in [0.2, 0.25) is 15.1 Å². The smallest absolute Gasteiger partial charge is 0.494 e. The molecule has 2 N–H and O–H groups in total. The largest absolute Gasteiger partial charge is 0.526 e. The summed E-state index contributed by atoms with van der Waals surface area (Å²) in [4.78, 5) is 71.3. The number of furan rings is 4. The fourth-order valence-corrected chi connectivity index (χ4v) is 17.0. The van der Waals surface area contributed by atoms with Gasteiger partial charge in [-0.2, -0.15) is 19.6 Å². The predicted octanol–water partition coefficient (Wildman–Crippen LogP) is 18.7. The van der Waals surface area contributed by atoms with Crippen LogP contribution in [0.5, 0.6) is 23.0 Å². The lowest BCUT2D eigenvalue weighted by molar-refractivity contribution is 0.00578. The number of amides is 3. The number of rotatable bonds is 18. The van der Waals surface area contributed by atoms with E-state index in [1.807, 2.05) is 102 Å². The van der Waals surface area contributed by atoms with Crippen LogP contribution >= 0.6 is 82.4 Å². The zero-order chi connectivity index (χ0) is 97.3. The average molecular weight is 2090 g/mol. The Morgan fingerprint density at radius 2 is 0.911 bits per heavy atom. The summed E-state index contributed by atoms with van der Waals surface area (Å²) in [6.07, 6.45) is 24.6. The quantitative estimate of drug-likeness (QED) is 0.0349. The number of ether oxygens (including phenoxy) is 6. The summed E-state index contributed by atoms with van der Waals surface area (Å²) in [5.74, 6) is 4.70. The lowest BCUT2D eigenvalue weighted by atomic mass is 9.78. The van der Waals surface area contributed by atoms with Crippen molar-refractivity contribution in [2.24, 2.45) is 0 Å². The van der Waals surface area contributed by atoms with Crippen LogP contribution in [0.15, 0.2) is 145 Å². The molecular formula is C97H102B3BrCl3IN12O17P. The molecule has 38 heteroatoms. The Morgan fingerprint density at radius 1 is 0.526 bits per heavy atom. The minimum atomic E-state index is -1.63. The summed E-state index contributed by atoms with van der Waals surface area (Å²) in [6, 6.07) is 28.0. The molecule has 2 aromatic carbocycles. The van der Waals surface area contributed by atoms with Gasteiger partial charge in [0, 0.05) is 141 Å². The van der Waals surface area contributed by atoms with Gasteiger partial charge >= 0.3 is 14.2 Å². The maximum Gasteiger partial charge on any atom is 0.526 e. The third-order valence-corrected chi connectivity index (χ3v) is 26.5. The lowest BCUT2D eigenvalue weighted by Crippen LogP contribution is -2.41. The minimum absolute atomic E-state index is 0.0249. The SMILES string of the molecule is CC1(C)OB(c2ccc(OC3CCOCC3)c(C#N)c2)OC1(C)C.COc1cc(C(=O)N(C)C)cnc1-c1cc2ncc(C3CC3)c(-c3ccc(OC4CCOCC4)c(C#N)c3)c2o1.COc1cc(C(=O)N(C)C)cnc1-c1cc2ncc(C3CC3)c(Cl)c2o1.Cc1cc(C(=O)N(C)C)cnc1Br.Clc1c(C2CC2)cnc2cc(I)oc12.OB(O)c1cc2ncc(C3CC3)c(Cl)c2o1.[2H][B]P. The maximum atomic E-state index is 12.5. The van der Waals surface area contributed by atoms with Crippen molar-refractivity contribution >= 4 is 177 Å². The summed E-state index contributed by atoms with van der Waals surface area (Å²) >= 11 is 24.4. The van der Waals surface area contributed by atoms with E-state index in [0.29, 0.717) is 167 Å². The highest BCUT2D eigenvalue weighted by atomic mass is 127. The molecule has 3 saturated heterocycles. The highest BCUT2D eigenvalue weighted by molar-refractivity contribution is 14.1. The molecule has 29 nitrogen and oxygen atoms in total. The number of benzene rings is 2. The molecule has 1 unspecified atom stereocenters. The van der Waals surface area contributed by atoms with Gasteiger partial charge in [0.15, 0.2) is 37.6 Å². The number of nitrogens with zero attached hydrogens (tertiary/aromatic N) is 12. The molecule has 0 spiro atoms. The third-order valence-electron chi connectivity index (χ3n) is 24.0. The Labute approximate surface area is 824 Å². The molecule has 7 aliphatic rings. The van der Waals surface area contributed by atoms with Crippen molar-refractivity contribution in [2.45, 2.75) is 159 Å². The standard InChI is InChI=1S/C31H30N4O5.C19H18ClN3O3.C18H24BNO4.C10H9BClNO3.C10H7ClINO.C9H11BrN2O.BH3P/c1-35(2)31(36)21-13-26(37-3)29(34-16-21)27-14-24-30(40-27)28(23(17-33-24)18-4-5-18)19-6-7-25(20(12-19)15-32)39-22-8-10-38-11-9-22;1-23(2)19(24)11-6-14(25-3)17(22-8-11)15-7-13-18(26-15)16(20)12(9-21-13)10-4-5-10;1-17(2)18(3,4)24-19(23-17)14-5-6-16(13(11-14)12-20)22-15-7-9-21-10-8-15;12-9-6(5-1-2-5)4-13-7-3-8(11(14)15)16-10(7)9;11-9-6(5-1-2-5)4-13-7-3-8(12)14-10(7)9;1-6-4-7(5-11-8(6)10)9(13)12(2)3;1-2/h6-7,12-14,16-18,22H,4-5,8-11H2,1-3H3;6-10H,4-5H2,1-3H3;5-6,11,15H,7-10H2,1-4H3;3-5,14-15H,1-2H2;3-5H,1-2H2;4-5H,1-3H3;1H,2H2/i;;;;;;1D. The molecule has 1 radical (unpaired) electrons. The van der Waals surface area contributed by atoms with Crippen molar-refractivity contribution < 1.29 is 79.8 Å². The maximum absolute atomic E-state index is 12.5. The van der Waals surface area contributed by atoms with E-state index in [1.165, 1.54) is 67.8 Å². The number of carbonyl (C=O) groups excluding carboxylic acids is 3. The molecule has 11 aromatic heterocycles. The molecule has 3 amide bonds. The Kier molecular flexibility index (Phi) is 32.3. The minimum Gasteiger partial charge on any atom is -0.494 e. The van der Waals surface area contributed by atoms with Crippen molar-refractivity contribution in [2.75, 3.05) is 82.9 Å². The van der Waals surface area contributed by atoms with Crippen LogP contribution in [0.3, 0.4) is 0 Å². The first kappa shape index (κ1) is 99.2. The van der Waals surface area contributed by atoms with Gasteiger partial charge in [-0.15, -0.1) is 0 Å². The van der Waals surface area contributed by atoms with Crippen molar-refractivity contribution in [1.29, 1.82) is 11.9 Å². The number of hydrogen-bond acceptors (Lipinski definition) is 26. The number of aromatic nitrogens is 7. The monoisotopic (exact) mass is 2080 g/mol. The number of hydrogen-bond donors (Lipinski definition) is 2. The van der Waals surface area contributed by atoms with Crippen molar-refractivity contribution in [1.82, 2.24) is 49.6 Å². The molecule has 3 aliphatic heterocycles. The molecule has 4 saturated carbocycles. The normalized spacial score (nSPS) is 16.0. The van der Waals surface area contributed by atoms with Crippen LogP contribution in [0, 0.1) is 33.4 Å². The second-order valence-electron chi connectivity index (χ2n) is 35.0. The molecular weight excluding hydrogens is 1980 g/mol. The van der Waals surface area contributed by atoms with Gasteiger partial charge in [-0.3, -0.25) is 34.3 Å². The zero-order valence-corrected chi connectivity index (χ0v) is 84.1. The number of carbonyl (C=O) groups is 3. The van der Waals surface area contributed by atoms with Gasteiger partial charge in [0.25, 0.3) is 17.7 Å². The molecule has 4 aliphatic carbocycles. The zero-order valence-electron chi connectivity index (χ0n) is 77.9. The van der Waals surface area contributed by atoms with E-state index in [4.69, 9.17) is 107 Å². The number of halogens is 5. The van der Waals surface area contributed by atoms with E-state index in [1.54, 1.807) is 78.9 Å². The molecule has 1 atom stereocenters. The summed E-state index contributed by atoms with van der Waals surface area (Å²) in [6.45, 7) is 12.7. The van der Waals surface area contributed by atoms with Crippen LogP contribution in [-0.4, -0.2) is 207 Å². The second-order valence-corrected chi connectivity index (χ2v) is 38.0. The molecule has 135 heavy (non-hydrogen) atoms. The number of aryl methyl sites for hydroxylation is 1. The lowest BCUT2D eigenvalue weighted by Gasteiger charge is -2.32. The van der Waals surface area contributed by atoms with Crippen LogP contribution in [0.25, 0.3) is 78.4 Å². The number of pyridine rings is 7. The fourth-order valence-electron chi connectivity index (χ4n) is 15.2. The molecule has 14 heterocycles. The van der Waals surface area contributed by atoms with Crippen molar-refractivity contribution in [3.63, 3.8) is 0 Å². The highest BCUT2D eigenvalue weighted by Gasteiger charge is 2.52. The van der Waals surface area contributed by atoms with Crippen LogP contribution < -0.4 is 30.1 Å². The van der Waals surface area contributed by atoms with E-state index in [0.717, 1.165) is 133 Å².